The normalized spacial score (nSPS) is 21.9. The van der Waals surface area contributed by atoms with Gasteiger partial charge >= 0.3 is 5.97 Å². The van der Waals surface area contributed by atoms with E-state index in [4.69, 9.17) is 29.7 Å². The van der Waals surface area contributed by atoms with Crippen molar-refractivity contribution in [3.63, 3.8) is 0 Å². The van der Waals surface area contributed by atoms with Crippen LogP contribution in [0.5, 0.6) is 5.88 Å². The zero-order valence-corrected chi connectivity index (χ0v) is 37.6. The van der Waals surface area contributed by atoms with E-state index in [9.17, 15) is 20.0 Å². The number of likely N-dealkylation sites (tertiary alicyclic amines) is 1. The number of unbranched alkanes of at least 4 members (excludes halogenated alkanes) is 1. The number of esters is 1. The summed E-state index contributed by atoms with van der Waals surface area (Å²) in [5, 5.41) is 33.7. The van der Waals surface area contributed by atoms with E-state index in [-0.39, 0.29) is 37.4 Å². The van der Waals surface area contributed by atoms with E-state index in [0.717, 1.165) is 80.7 Å². The Morgan fingerprint density at radius 3 is 2.75 bits per heavy atom. The van der Waals surface area contributed by atoms with Crippen LogP contribution in [0.1, 0.15) is 99.7 Å². The number of carbonyl (C=O) groups excluding carboxylic acids is 2. The maximum Gasteiger partial charge on any atom is 0.329 e. The molecule has 19 heteroatoms. The third-order valence-corrected chi connectivity index (χ3v) is 13.6. The van der Waals surface area contributed by atoms with Gasteiger partial charge in [-0.05, 0) is 83.0 Å². The number of ether oxygens (including phenoxy) is 2. The number of carbonyl (C=O) groups is 2. The number of nitriles is 1. The highest BCUT2D eigenvalue weighted by atomic mass is 32.1. The third kappa shape index (κ3) is 9.45. The molecule has 1 aliphatic carbocycles. The Balaban J connectivity index is 0.817. The molecule has 2 fully saturated rings. The number of anilines is 2. The number of aliphatic hydroxyl groups is 1. The van der Waals surface area contributed by atoms with E-state index in [1.165, 1.54) is 20.9 Å². The molecule has 0 bridgehead atoms. The average Bonchev–Trinajstić information content (AvgIpc) is 4.09. The second kappa shape index (κ2) is 19.4. The summed E-state index contributed by atoms with van der Waals surface area (Å²) in [6.45, 7) is 12.1. The summed E-state index contributed by atoms with van der Waals surface area (Å²) in [7, 11) is 0. The van der Waals surface area contributed by atoms with Gasteiger partial charge in [0.15, 0.2) is 0 Å². The van der Waals surface area contributed by atoms with E-state index in [1.54, 1.807) is 18.5 Å². The van der Waals surface area contributed by atoms with Crippen LogP contribution in [-0.4, -0.2) is 119 Å². The number of nitrogen functional groups attached to an aromatic ring is 1. The van der Waals surface area contributed by atoms with Gasteiger partial charge in [-0.25, -0.2) is 19.4 Å². The molecule has 1 aromatic carbocycles. The largest absolute Gasteiger partial charge is 0.475 e. The molecule has 2 aliphatic heterocycles. The smallest absolute Gasteiger partial charge is 0.329 e. The number of nitrogens with zero attached hydrogens (tertiary/aromatic N) is 11. The van der Waals surface area contributed by atoms with Crippen molar-refractivity contribution in [3.05, 3.63) is 76.3 Å². The first-order chi connectivity index (χ1) is 30.9. The maximum atomic E-state index is 14.0. The van der Waals surface area contributed by atoms with Crippen molar-refractivity contribution in [2.24, 2.45) is 5.92 Å². The number of rotatable bonds is 15. The number of aromatic nitrogens is 7. The minimum Gasteiger partial charge on any atom is -0.475 e. The Morgan fingerprint density at radius 2 is 1.95 bits per heavy atom. The van der Waals surface area contributed by atoms with Crippen LogP contribution >= 0.6 is 11.3 Å². The number of hydrogen-bond donors (Lipinski definition) is 2. The maximum absolute atomic E-state index is 14.0. The summed E-state index contributed by atoms with van der Waals surface area (Å²) < 4.78 is 18.9. The number of aliphatic hydroxyl groups excluding tert-OH is 1. The van der Waals surface area contributed by atoms with Gasteiger partial charge in [-0.3, -0.25) is 4.79 Å². The number of aryl methyl sites for hydroxylation is 1. The molecular formula is C45H56N12O6S. The zero-order chi connectivity index (χ0) is 45.0. The van der Waals surface area contributed by atoms with Gasteiger partial charge in [0, 0.05) is 48.7 Å². The zero-order valence-electron chi connectivity index (χ0n) is 36.8. The van der Waals surface area contributed by atoms with Crippen molar-refractivity contribution >= 4 is 34.2 Å². The first kappa shape index (κ1) is 44.6. The first-order valence-electron chi connectivity index (χ1n) is 22.2. The highest BCUT2D eigenvalue weighted by Crippen LogP contribution is 2.48. The SMILES string of the molecule is CC(C)[C@@H](C(=O)N1C[C@H](O)C[C@H]1C(=O)OCc1ccccc1)n1cc(OCCCCN2CCCN(c3nccc(-c4noc([C@@]5(C)CCCc6sc(N)c(C#N)c65)n4)n3)[C@@H](C)C2)nn1. The Hall–Kier alpha value is -5.97. The standard InChI is InChI=1S/C45H56N12O6S/c1-28(2)38(41(59)56-25-31(58)22-34(56)42(60)62-27-30-12-6-5-7-13-30)57-26-36(51-53-57)61-21-9-8-18-54-19-11-20-55(29(3)24-54)44-48-17-15-33(49-44)40-50-43(63-52-40)45(4)16-10-14-35-37(45)32(23-46)39(47)64-35/h5-7,12-13,15,17,26,28-29,31,34,38,58H,8-11,14,16,18-22,24-25,27,47H2,1-4H3/t29-,31+,34-,38-,45-/m0/s1. The second-order valence-corrected chi connectivity index (χ2v) is 18.7. The van der Waals surface area contributed by atoms with Crippen LogP contribution in [0.15, 0.2) is 53.3 Å². The van der Waals surface area contributed by atoms with E-state index >= 15 is 0 Å². The quantitative estimate of drug-likeness (QED) is 0.105. The summed E-state index contributed by atoms with van der Waals surface area (Å²) in [6.07, 6.45) is 7.85. The summed E-state index contributed by atoms with van der Waals surface area (Å²) in [5.41, 5.74) is 8.45. The number of benzene rings is 1. The van der Waals surface area contributed by atoms with Gasteiger partial charge in [0.25, 0.3) is 5.88 Å². The van der Waals surface area contributed by atoms with Crippen LogP contribution in [0.25, 0.3) is 11.5 Å². The molecule has 0 saturated carbocycles. The molecule has 8 rings (SSSR count). The summed E-state index contributed by atoms with van der Waals surface area (Å²) in [4.78, 5) is 48.7. The van der Waals surface area contributed by atoms with Gasteiger partial charge in [0.1, 0.15) is 35.5 Å². The molecule has 3 N–H and O–H groups in total. The minimum absolute atomic E-state index is 0.0308. The van der Waals surface area contributed by atoms with Gasteiger partial charge in [0.2, 0.25) is 23.6 Å². The number of nitrogens with two attached hydrogens (primary N) is 1. The second-order valence-electron chi connectivity index (χ2n) is 17.6. The number of fused-ring (bicyclic) bond motifs is 1. The van der Waals surface area contributed by atoms with E-state index in [1.807, 2.05) is 51.1 Å². The van der Waals surface area contributed by atoms with E-state index in [2.05, 4.69) is 43.2 Å². The number of hydrogen-bond acceptors (Lipinski definition) is 17. The lowest BCUT2D eigenvalue weighted by Crippen LogP contribution is -2.46. The Kier molecular flexibility index (Phi) is 13.5. The van der Waals surface area contributed by atoms with Gasteiger partial charge < -0.3 is 39.5 Å². The Morgan fingerprint density at radius 1 is 1.12 bits per heavy atom. The van der Waals surface area contributed by atoms with Crippen molar-refractivity contribution in [2.75, 3.05) is 50.0 Å². The highest BCUT2D eigenvalue weighted by molar-refractivity contribution is 7.16. The van der Waals surface area contributed by atoms with Crippen LogP contribution in [0.2, 0.25) is 0 Å². The topological polar surface area (TPSA) is 228 Å². The van der Waals surface area contributed by atoms with Gasteiger partial charge in [-0.15, -0.1) is 11.3 Å². The first-order valence-corrected chi connectivity index (χ1v) is 23.0. The van der Waals surface area contributed by atoms with Gasteiger partial charge in [0.05, 0.1) is 29.9 Å². The minimum atomic E-state index is -0.896. The van der Waals surface area contributed by atoms with Crippen LogP contribution in [-0.2, 0) is 32.8 Å². The molecule has 0 spiro atoms. The highest BCUT2D eigenvalue weighted by Gasteiger charge is 2.45. The molecule has 1 amide bonds. The molecule has 4 aromatic heterocycles. The molecule has 5 aromatic rings. The van der Waals surface area contributed by atoms with Crippen LogP contribution in [0.4, 0.5) is 10.9 Å². The Labute approximate surface area is 376 Å². The summed E-state index contributed by atoms with van der Waals surface area (Å²) in [6, 6.07) is 11.9. The monoisotopic (exact) mass is 892 g/mol. The molecule has 2 saturated heterocycles. The number of thiophene rings is 1. The molecule has 338 valence electrons. The third-order valence-electron chi connectivity index (χ3n) is 12.5. The molecule has 0 radical (unpaired) electrons. The number of β-amino-alcohol motifs (C(OH)–C–C–N with tert-alkyl or cyclic N) is 1. The van der Waals surface area contributed by atoms with Crippen LogP contribution in [0.3, 0.4) is 0 Å². The Bertz CT molecular complexity index is 2450. The van der Waals surface area contributed by atoms with Crippen LogP contribution < -0.4 is 15.4 Å². The lowest BCUT2D eigenvalue weighted by Gasteiger charge is -2.30. The van der Waals surface area contributed by atoms with E-state index in [0.29, 0.717) is 46.4 Å². The summed E-state index contributed by atoms with van der Waals surface area (Å²) in [5.74, 6) is 0.695. The predicted molar refractivity (Wildman–Crippen MR) is 237 cm³/mol. The summed E-state index contributed by atoms with van der Waals surface area (Å²) >= 11 is 1.47. The fourth-order valence-electron chi connectivity index (χ4n) is 9.28. The average molecular weight is 893 g/mol. The lowest BCUT2D eigenvalue weighted by atomic mass is 9.72. The molecule has 3 aliphatic rings. The van der Waals surface area contributed by atoms with Crippen molar-refractivity contribution < 1.29 is 28.7 Å². The molecule has 6 heterocycles. The van der Waals surface area contributed by atoms with Crippen LogP contribution in [0, 0.1) is 17.2 Å². The predicted octanol–water partition coefficient (Wildman–Crippen LogP) is 4.94. The van der Waals surface area contributed by atoms with Crippen molar-refractivity contribution in [1.29, 1.82) is 5.26 Å². The lowest BCUT2D eigenvalue weighted by molar-refractivity contribution is -0.156. The molecule has 64 heavy (non-hydrogen) atoms. The molecular weight excluding hydrogens is 837 g/mol. The fraction of sp³-hybridized carbons (Fsp3) is 0.533. The number of amides is 1. The van der Waals surface area contributed by atoms with Crippen molar-refractivity contribution in [1.82, 2.24) is 44.9 Å². The fourth-order valence-corrected chi connectivity index (χ4v) is 10.5. The molecule has 18 nitrogen and oxygen atoms in total. The van der Waals surface area contributed by atoms with Gasteiger partial charge in [-0.2, -0.15) is 10.2 Å². The van der Waals surface area contributed by atoms with Gasteiger partial charge in [-0.1, -0.05) is 59.6 Å². The molecule has 5 atom stereocenters. The van der Waals surface area contributed by atoms with Crippen molar-refractivity contribution in [2.45, 2.75) is 109 Å². The van der Waals surface area contributed by atoms with Crippen molar-refractivity contribution in [3.8, 4) is 23.5 Å². The van der Waals surface area contributed by atoms with E-state index < -0.39 is 29.6 Å². The molecule has 0 unspecified atom stereocenters.